The maximum absolute atomic E-state index is 16.8. The maximum Gasteiger partial charge on any atom is 0.319 e. The molecule has 10 nitrogen and oxygen atoms in total. The molecule has 2 aromatic heterocycles. The molecule has 3 aliphatic rings. The lowest BCUT2D eigenvalue weighted by Crippen LogP contribution is -2.43. The van der Waals surface area contributed by atoms with Crippen molar-refractivity contribution in [3.05, 3.63) is 47.7 Å². The number of phenols is 1. The summed E-state index contributed by atoms with van der Waals surface area (Å²) in [4.78, 5) is 22.6. The first-order valence-electron chi connectivity index (χ1n) is 15.0. The topological polar surface area (TPSA) is 105 Å². The van der Waals surface area contributed by atoms with E-state index in [2.05, 4.69) is 25.9 Å². The first-order chi connectivity index (χ1) is 22.3. The van der Waals surface area contributed by atoms with Crippen molar-refractivity contribution in [2.24, 2.45) is 5.16 Å². The summed E-state index contributed by atoms with van der Waals surface area (Å²) in [6.45, 7) is 2.51. The summed E-state index contributed by atoms with van der Waals surface area (Å²) in [7, 11) is 1.44. The van der Waals surface area contributed by atoms with Crippen LogP contribution in [0.2, 0.25) is 0 Å². The fourth-order valence-corrected chi connectivity index (χ4v) is 6.99. The van der Waals surface area contributed by atoms with E-state index in [1.54, 1.807) is 0 Å². The van der Waals surface area contributed by atoms with Gasteiger partial charge < -0.3 is 24.3 Å². The standard InChI is InChI=1S/C33H31F3N6O4/c1-3-23-26(35)6-5-19-11-22(43)12-24(27(19)23)29-28(36)30-25(14-37-29)31(41-9-10-45-17-21(16-41)40-44-2)39-32(38-30)46-18-33-7-4-8-42(33)15-20(34)13-33/h1,5-6,11-12,14,20,43H,4,7-10,13,15-18H2,2H3/b40-21+/t20-,33+/m1/s1. The van der Waals surface area contributed by atoms with E-state index in [9.17, 15) is 13.9 Å². The Morgan fingerprint density at radius 1 is 1.24 bits per heavy atom. The second-order valence-electron chi connectivity index (χ2n) is 11.8. The Morgan fingerprint density at radius 3 is 2.93 bits per heavy atom. The van der Waals surface area contributed by atoms with E-state index in [1.165, 1.54) is 37.6 Å². The van der Waals surface area contributed by atoms with Gasteiger partial charge in [0.2, 0.25) is 0 Å². The molecule has 2 atom stereocenters. The van der Waals surface area contributed by atoms with E-state index in [0.717, 1.165) is 19.4 Å². The van der Waals surface area contributed by atoms with Crippen molar-refractivity contribution in [1.82, 2.24) is 19.9 Å². The number of terminal acetylenes is 1. The van der Waals surface area contributed by atoms with Crippen molar-refractivity contribution in [2.45, 2.75) is 31.0 Å². The van der Waals surface area contributed by atoms with Gasteiger partial charge >= 0.3 is 6.01 Å². The highest BCUT2D eigenvalue weighted by Crippen LogP contribution is 2.41. The molecular formula is C33H31F3N6O4. The molecule has 3 saturated heterocycles. The molecule has 3 aliphatic heterocycles. The summed E-state index contributed by atoms with van der Waals surface area (Å²) in [6.07, 6.45) is 8.18. The van der Waals surface area contributed by atoms with Gasteiger partial charge in [0.15, 0.2) is 5.82 Å². The lowest BCUT2D eigenvalue weighted by atomic mass is 9.95. The Morgan fingerprint density at radius 2 is 2.11 bits per heavy atom. The van der Waals surface area contributed by atoms with Crippen LogP contribution in [0.3, 0.4) is 0 Å². The minimum absolute atomic E-state index is 0.0844. The average molecular weight is 633 g/mol. The van der Waals surface area contributed by atoms with Gasteiger partial charge in [-0.05, 0) is 43.0 Å². The number of aromatic hydroxyl groups is 1. The number of halogens is 3. The van der Waals surface area contributed by atoms with Crippen molar-refractivity contribution in [2.75, 3.05) is 58.0 Å². The highest BCUT2D eigenvalue weighted by atomic mass is 19.1. The number of alkyl halides is 1. The molecule has 238 valence electrons. The van der Waals surface area contributed by atoms with Crippen LogP contribution >= 0.6 is 0 Å². The first kappa shape index (κ1) is 30.0. The molecule has 4 aromatic rings. The molecule has 0 spiro atoms. The third-order valence-electron chi connectivity index (χ3n) is 8.99. The Kier molecular flexibility index (Phi) is 7.78. The summed E-state index contributed by atoms with van der Waals surface area (Å²) in [5, 5.41) is 15.5. The summed E-state index contributed by atoms with van der Waals surface area (Å²) >= 11 is 0. The molecule has 0 radical (unpaired) electrons. The maximum atomic E-state index is 16.8. The number of oxime groups is 1. The minimum atomic E-state index is -0.950. The molecule has 0 amide bonds. The van der Waals surface area contributed by atoms with Crippen molar-refractivity contribution in [3.8, 4) is 35.4 Å². The number of pyridine rings is 1. The Hall–Kier alpha value is -4.67. The smallest absolute Gasteiger partial charge is 0.319 e. The van der Waals surface area contributed by atoms with Crippen LogP contribution in [0.25, 0.3) is 32.9 Å². The third-order valence-corrected chi connectivity index (χ3v) is 8.99. The number of phenolic OH excluding ortho intramolecular Hbond substituents is 1. The molecule has 7 rings (SSSR count). The highest BCUT2D eigenvalue weighted by molar-refractivity contribution is 6.03. The van der Waals surface area contributed by atoms with Crippen LogP contribution in [0.4, 0.5) is 19.0 Å². The van der Waals surface area contributed by atoms with Gasteiger partial charge in [-0.15, -0.1) is 6.42 Å². The van der Waals surface area contributed by atoms with Crippen molar-refractivity contribution in [1.29, 1.82) is 0 Å². The molecule has 0 saturated carbocycles. The molecular weight excluding hydrogens is 601 g/mol. The zero-order valence-corrected chi connectivity index (χ0v) is 25.1. The van der Waals surface area contributed by atoms with Gasteiger partial charge in [-0.25, -0.2) is 13.2 Å². The minimum Gasteiger partial charge on any atom is -0.508 e. The van der Waals surface area contributed by atoms with Crippen molar-refractivity contribution < 1.29 is 32.6 Å². The van der Waals surface area contributed by atoms with Gasteiger partial charge in [0.25, 0.3) is 0 Å². The lowest BCUT2D eigenvalue weighted by Gasteiger charge is -2.31. The predicted octanol–water partition coefficient (Wildman–Crippen LogP) is 4.60. The third kappa shape index (κ3) is 5.21. The van der Waals surface area contributed by atoms with E-state index in [-0.39, 0.29) is 64.6 Å². The van der Waals surface area contributed by atoms with Gasteiger partial charge in [-0.2, -0.15) is 9.97 Å². The first-order valence-corrected chi connectivity index (χ1v) is 15.0. The molecule has 0 aliphatic carbocycles. The van der Waals surface area contributed by atoms with Gasteiger partial charge in [0.1, 0.15) is 54.2 Å². The predicted molar refractivity (Wildman–Crippen MR) is 166 cm³/mol. The largest absolute Gasteiger partial charge is 0.508 e. The number of aromatic nitrogens is 3. The summed E-state index contributed by atoms with van der Waals surface area (Å²) in [5.41, 5.74) is -0.170. The molecule has 13 heteroatoms. The molecule has 5 heterocycles. The summed E-state index contributed by atoms with van der Waals surface area (Å²) < 4.78 is 57.9. The normalized spacial score (nSPS) is 22.7. The average Bonchev–Trinajstić information content (AvgIpc) is 3.46. The summed E-state index contributed by atoms with van der Waals surface area (Å²) in [6, 6.07) is 5.27. The number of rotatable bonds is 6. The van der Waals surface area contributed by atoms with Crippen LogP contribution in [0.5, 0.6) is 11.8 Å². The molecule has 2 aromatic carbocycles. The van der Waals surface area contributed by atoms with Crippen LogP contribution in [-0.4, -0.2) is 95.5 Å². The monoisotopic (exact) mass is 632 g/mol. The van der Waals surface area contributed by atoms with Gasteiger partial charge in [-0.1, -0.05) is 17.1 Å². The van der Waals surface area contributed by atoms with Gasteiger partial charge in [0.05, 0.1) is 36.2 Å². The van der Waals surface area contributed by atoms with Crippen LogP contribution in [-0.2, 0) is 9.57 Å². The molecule has 0 unspecified atom stereocenters. The molecule has 0 bridgehead atoms. The Bertz CT molecular complexity index is 1920. The van der Waals surface area contributed by atoms with Gasteiger partial charge in [0, 0.05) is 36.7 Å². The number of benzene rings is 2. The van der Waals surface area contributed by atoms with Gasteiger partial charge in [-0.3, -0.25) is 9.88 Å². The number of fused-ring (bicyclic) bond motifs is 3. The van der Waals surface area contributed by atoms with Crippen LogP contribution in [0, 0.1) is 24.0 Å². The Labute approximate surface area is 262 Å². The molecule has 1 N–H and O–H groups in total. The van der Waals surface area contributed by atoms with Crippen molar-refractivity contribution in [3.63, 3.8) is 0 Å². The van der Waals surface area contributed by atoms with E-state index in [0.29, 0.717) is 43.0 Å². The van der Waals surface area contributed by atoms with E-state index >= 15 is 4.39 Å². The SMILES string of the molecule is C#Cc1c(F)ccc2cc(O)cc(-c3ncc4c(N5CCOC/C(=N/OC)C5)nc(OC[C@@]56CCCN5C[C@H](F)C6)nc4c3F)c12. The molecule has 3 fully saturated rings. The van der Waals surface area contributed by atoms with Crippen LogP contribution < -0.4 is 9.64 Å². The van der Waals surface area contributed by atoms with E-state index in [1.807, 2.05) is 4.90 Å². The van der Waals surface area contributed by atoms with E-state index < -0.39 is 23.3 Å². The zero-order valence-electron chi connectivity index (χ0n) is 25.1. The van der Waals surface area contributed by atoms with Crippen molar-refractivity contribution >= 4 is 33.2 Å². The fourth-order valence-electron chi connectivity index (χ4n) is 6.99. The lowest BCUT2D eigenvalue weighted by molar-refractivity contribution is 0.107. The Balaban J connectivity index is 1.39. The second-order valence-corrected chi connectivity index (χ2v) is 11.8. The number of anilines is 1. The zero-order chi connectivity index (χ0) is 32.0. The summed E-state index contributed by atoms with van der Waals surface area (Å²) in [5.74, 6) is 0.998. The number of ether oxygens (including phenoxy) is 2. The number of hydrogen-bond acceptors (Lipinski definition) is 10. The quantitative estimate of drug-likeness (QED) is 0.241. The highest BCUT2D eigenvalue weighted by Gasteiger charge is 2.49. The number of nitrogens with zero attached hydrogens (tertiary/aromatic N) is 6. The fraction of sp³-hybridized carbons (Fsp3) is 0.394. The van der Waals surface area contributed by atoms with Crippen LogP contribution in [0.15, 0.2) is 35.6 Å². The van der Waals surface area contributed by atoms with Crippen LogP contribution in [0.1, 0.15) is 24.8 Å². The number of hydrogen-bond donors (Lipinski definition) is 1. The molecule has 46 heavy (non-hydrogen) atoms. The second kappa shape index (κ2) is 11.9. The van der Waals surface area contributed by atoms with E-state index in [4.69, 9.17) is 25.7 Å².